The molecule has 8 heteroatoms. The number of hydrogen-bond donors (Lipinski definition) is 0. The Morgan fingerprint density at radius 1 is 1.10 bits per heavy atom. The molecule has 1 fully saturated rings. The number of amides is 1. The highest BCUT2D eigenvalue weighted by Gasteiger charge is 2.27. The molecule has 162 valence electrons. The Balaban J connectivity index is 1.68. The zero-order valence-corrected chi connectivity index (χ0v) is 18.7. The van der Waals surface area contributed by atoms with E-state index >= 15 is 0 Å². The van der Waals surface area contributed by atoms with E-state index in [0.29, 0.717) is 31.7 Å². The van der Waals surface area contributed by atoms with Crippen LogP contribution in [0, 0.1) is 0 Å². The Morgan fingerprint density at radius 3 is 2.40 bits per heavy atom. The van der Waals surface area contributed by atoms with Crippen molar-refractivity contribution in [1.82, 2.24) is 19.1 Å². The van der Waals surface area contributed by atoms with E-state index < -0.39 is 10.0 Å². The molecule has 1 amide bonds. The zero-order valence-electron chi connectivity index (χ0n) is 17.9. The van der Waals surface area contributed by atoms with Gasteiger partial charge in [-0.25, -0.2) is 8.42 Å². The fourth-order valence-corrected chi connectivity index (χ4v) is 5.34. The Labute approximate surface area is 179 Å². The SMILES string of the molecule is CCN(CC)S(=O)(=O)c1cccc(C(=O)N2CCN(C(C)c3cccnc3)CC2)c1. The van der Waals surface area contributed by atoms with Crippen LogP contribution in [-0.4, -0.2) is 72.7 Å². The lowest BCUT2D eigenvalue weighted by molar-refractivity contribution is 0.0581. The molecule has 0 bridgehead atoms. The van der Waals surface area contributed by atoms with E-state index in [4.69, 9.17) is 0 Å². The molecule has 2 heterocycles. The summed E-state index contributed by atoms with van der Waals surface area (Å²) in [6, 6.07) is 10.6. The van der Waals surface area contributed by atoms with Crippen molar-refractivity contribution >= 4 is 15.9 Å². The molecular formula is C22H30N4O3S. The number of rotatable bonds is 7. The van der Waals surface area contributed by atoms with Crippen molar-refractivity contribution in [1.29, 1.82) is 0 Å². The first kappa shape index (κ1) is 22.4. The van der Waals surface area contributed by atoms with Gasteiger partial charge in [-0.2, -0.15) is 4.31 Å². The maximum absolute atomic E-state index is 13.0. The van der Waals surface area contributed by atoms with Gasteiger partial charge in [-0.1, -0.05) is 26.0 Å². The van der Waals surface area contributed by atoms with E-state index in [2.05, 4.69) is 22.9 Å². The fourth-order valence-electron chi connectivity index (χ4n) is 3.83. The summed E-state index contributed by atoms with van der Waals surface area (Å²) < 4.78 is 27.0. The molecule has 3 rings (SSSR count). The van der Waals surface area contributed by atoms with Gasteiger partial charge in [-0.3, -0.25) is 14.7 Å². The van der Waals surface area contributed by atoms with Crippen molar-refractivity contribution in [2.75, 3.05) is 39.3 Å². The van der Waals surface area contributed by atoms with E-state index in [-0.39, 0.29) is 16.8 Å². The average Bonchev–Trinajstić information content (AvgIpc) is 2.79. The topological polar surface area (TPSA) is 73.8 Å². The minimum Gasteiger partial charge on any atom is -0.336 e. The zero-order chi connectivity index (χ0) is 21.7. The maximum Gasteiger partial charge on any atom is 0.253 e. The van der Waals surface area contributed by atoms with Gasteiger partial charge in [-0.15, -0.1) is 0 Å². The monoisotopic (exact) mass is 430 g/mol. The van der Waals surface area contributed by atoms with E-state index in [1.54, 1.807) is 29.3 Å². The number of aromatic nitrogens is 1. The van der Waals surface area contributed by atoms with Crippen LogP contribution in [0.1, 0.15) is 42.7 Å². The van der Waals surface area contributed by atoms with Gasteiger partial charge in [-0.05, 0) is 36.8 Å². The van der Waals surface area contributed by atoms with Crippen LogP contribution in [0.15, 0.2) is 53.7 Å². The number of carbonyl (C=O) groups excluding carboxylic acids is 1. The number of hydrogen-bond acceptors (Lipinski definition) is 5. The summed E-state index contributed by atoms with van der Waals surface area (Å²) in [4.78, 5) is 21.5. The predicted molar refractivity (Wildman–Crippen MR) is 117 cm³/mol. The summed E-state index contributed by atoms with van der Waals surface area (Å²) >= 11 is 0. The van der Waals surface area contributed by atoms with Crippen LogP contribution in [0.3, 0.4) is 0 Å². The summed E-state index contributed by atoms with van der Waals surface area (Å²) in [6.07, 6.45) is 3.64. The molecule has 1 aromatic carbocycles. The summed E-state index contributed by atoms with van der Waals surface area (Å²) in [6.45, 7) is 9.30. The van der Waals surface area contributed by atoms with Crippen molar-refractivity contribution in [2.45, 2.75) is 31.7 Å². The molecule has 0 N–H and O–H groups in total. The standard InChI is InChI=1S/C22H30N4O3S/c1-4-26(5-2)30(28,29)21-10-6-8-19(16-21)22(27)25-14-12-24(13-15-25)18(3)20-9-7-11-23-17-20/h6-11,16-18H,4-5,12-15H2,1-3H3. The van der Waals surface area contributed by atoms with Crippen LogP contribution in [0.5, 0.6) is 0 Å². The Morgan fingerprint density at radius 2 is 1.80 bits per heavy atom. The number of piperazine rings is 1. The molecule has 1 aromatic heterocycles. The molecule has 2 aromatic rings. The van der Waals surface area contributed by atoms with Crippen LogP contribution in [0.2, 0.25) is 0 Å². The van der Waals surface area contributed by atoms with Crippen LogP contribution in [0.25, 0.3) is 0 Å². The van der Waals surface area contributed by atoms with E-state index in [9.17, 15) is 13.2 Å². The maximum atomic E-state index is 13.0. The molecule has 30 heavy (non-hydrogen) atoms. The molecule has 1 aliphatic heterocycles. The van der Waals surface area contributed by atoms with Gasteiger partial charge in [0.05, 0.1) is 4.90 Å². The highest BCUT2D eigenvalue weighted by Crippen LogP contribution is 2.22. The van der Waals surface area contributed by atoms with Gasteiger partial charge in [0.1, 0.15) is 0 Å². The molecular weight excluding hydrogens is 400 g/mol. The van der Waals surface area contributed by atoms with E-state index in [0.717, 1.165) is 18.7 Å². The number of pyridine rings is 1. The van der Waals surface area contributed by atoms with Crippen molar-refractivity contribution in [2.24, 2.45) is 0 Å². The van der Waals surface area contributed by atoms with E-state index in [1.807, 2.05) is 26.1 Å². The number of carbonyl (C=O) groups is 1. The second kappa shape index (κ2) is 9.68. The van der Waals surface area contributed by atoms with Crippen LogP contribution in [-0.2, 0) is 10.0 Å². The molecule has 0 radical (unpaired) electrons. The van der Waals surface area contributed by atoms with Gasteiger partial charge < -0.3 is 4.90 Å². The lowest BCUT2D eigenvalue weighted by Crippen LogP contribution is -2.49. The lowest BCUT2D eigenvalue weighted by Gasteiger charge is -2.38. The van der Waals surface area contributed by atoms with Crippen LogP contribution in [0.4, 0.5) is 0 Å². The molecule has 1 unspecified atom stereocenters. The number of sulfonamides is 1. The summed E-state index contributed by atoms with van der Waals surface area (Å²) in [5.41, 5.74) is 1.57. The van der Waals surface area contributed by atoms with Crippen LogP contribution >= 0.6 is 0 Å². The Hall–Kier alpha value is -2.29. The molecule has 1 atom stereocenters. The highest BCUT2D eigenvalue weighted by molar-refractivity contribution is 7.89. The van der Waals surface area contributed by atoms with Gasteiger partial charge in [0, 0.05) is 63.3 Å². The number of nitrogens with zero attached hydrogens (tertiary/aromatic N) is 4. The fraction of sp³-hybridized carbons (Fsp3) is 0.455. The van der Waals surface area contributed by atoms with Gasteiger partial charge in [0.2, 0.25) is 10.0 Å². The molecule has 0 saturated carbocycles. The summed E-state index contributed by atoms with van der Waals surface area (Å²) in [7, 11) is -3.59. The molecule has 0 spiro atoms. The minimum atomic E-state index is -3.59. The molecule has 7 nitrogen and oxygen atoms in total. The average molecular weight is 431 g/mol. The largest absolute Gasteiger partial charge is 0.336 e. The summed E-state index contributed by atoms with van der Waals surface area (Å²) in [5, 5.41) is 0. The first-order valence-electron chi connectivity index (χ1n) is 10.4. The third-order valence-electron chi connectivity index (χ3n) is 5.74. The van der Waals surface area contributed by atoms with Gasteiger partial charge in [0.25, 0.3) is 5.91 Å². The summed E-state index contributed by atoms with van der Waals surface area (Å²) in [5.74, 6) is -0.125. The first-order valence-corrected chi connectivity index (χ1v) is 11.9. The van der Waals surface area contributed by atoms with Crippen molar-refractivity contribution in [3.05, 3.63) is 59.9 Å². The highest BCUT2D eigenvalue weighted by atomic mass is 32.2. The van der Waals surface area contributed by atoms with Crippen molar-refractivity contribution < 1.29 is 13.2 Å². The molecule has 0 aliphatic carbocycles. The van der Waals surface area contributed by atoms with Crippen molar-refractivity contribution in [3.63, 3.8) is 0 Å². The number of benzene rings is 1. The lowest BCUT2D eigenvalue weighted by atomic mass is 10.1. The Kier molecular flexibility index (Phi) is 7.23. The molecule has 1 aliphatic rings. The van der Waals surface area contributed by atoms with Gasteiger partial charge in [0.15, 0.2) is 0 Å². The quantitative estimate of drug-likeness (QED) is 0.675. The third kappa shape index (κ3) is 4.71. The van der Waals surface area contributed by atoms with E-state index in [1.165, 1.54) is 10.4 Å². The first-order chi connectivity index (χ1) is 14.4. The second-order valence-electron chi connectivity index (χ2n) is 7.41. The van der Waals surface area contributed by atoms with Crippen molar-refractivity contribution in [3.8, 4) is 0 Å². The second-order valence-corrected chi connectivity index (χ2v) is 9.35. The smallest absolute Gasteiger partial charge is 0.253 e. The third-order valence-corrected chi connectivity index (χ3v) is 7.79. The predicted octanol–water partition coefficient (Wildman–Crippen LogP) is 2.63. The van der Waals surface area contributed by atoms with Crippen LogP contribution < -0.4 is 0 Å². The van der Waals surface area contributed by atoms with Gasteiger partial charge >= 0.3 is 0 Å². The molecule has 1 saturated heterocycles. The normalized spacial score (nSPS) is 16.6. The minimum absolute atomic E-state index is 0.125. The Bertz CT molecular complexity index is 953.